The lowest BCUT2D eigenvalue weighted by Crippen LogP contribution is -2.27. The highest BCUT2D eigenvalue weighted by Crippen LogP contribution is 2.38. The summed E-state index contributed by atoms with van der Waals surface area (Å²) in [6, 6.07) is 6.76. The molecule has 4 heterocycles. The summed E-state index contributed by atoms with van der Waals surface area (Å²) in [7, 11) is 0. The Kier molecular flexibility index (Phi) is 4.65. The minimum atomic E-state index is 0.379. The van der Waals surface area contributed by atoms with Crippen LogP contribution in [0.4, 0.5) is 0 Å². The van der Waals surface area contributed by atoms with Crippen molar-refractivity contribution in [3.05, 3.63) is 34.4 Å². The zero-order valence-corrected chi connectivity index (χ0v) is 16.4. The number of hydrogen-bond acceptors (Lipinski definition) is 5. The van der Waals surface area contributed by atoms with E-state index in [1.54, 1.807) is 0 Å². The van der Waals surface area contributed by atoms with Crippen LogP contribution in [0.15, 0.2) is 18.2 Å². The van der Waals surface area contributed by atoms with Crippen molar-refractivity contribution >= 4 is 12.2 Å². The van der Waals surface area contributed by atoms with Gasteiger partial charge in [-0.2, -0.15) is 5.10 Å². The lowest BCUT2D eigenvalue weighted by atomic mass is 10.0. The summed E-state index contributed by atoms with van der Waals surface area (Å²) >= 11 is 5.74. The average molecular weight is 387 g/mol. The molecule has 0 N–H and O–H groups in total. The summed E-state index contributed by atoms with van der Waals surface area (Å²) in [5.41, 5.74) is 1.30. The molecule has 3 aliphatic heterocycles. The van der Waals surface area contributed by atoms with Gasteiger partial charge in [0.25, 0.3) is 0 Å². The van der Waals surface area contributed by atoms with E-state index in [4.69, 9.17) is 26.8 Å². The molecule has 1 aromatic carbocycles. The first kappa shape index (κ1) is 17.3. The van der Waals surface area contributed by atoms with E-state index in [1.165, 1.54) is 31.2 Å². The van der Waals surface area contributed by atoms with Crippen molar-refractivity contribution in [1.82, 2.24) is 19.2 Å². The van der Waals surface area contributed by atoms with Crippen molar-refractivity contribution < 1.29 is 9.47 Å². The molecule has 6 nitrogen and oxygen atoms in total. The van der Waals surface area contributed by atoms with Crippen LogP contribution in [-0.2, 0) is 19.6 Å². The maximum absolute atomic E-state index is 5.78. The Bertz CT molecular complexity index is 891. The first-order valence-corrected chi connectivity index (χ1v) is 10.5. The smallest absolute Gasteiger partial charge is 0.199 e. The Hall–Kier alpha value is -1.86. The molecule has 1 saturated heterocycles. The SMILES string of the molecule is S=c1n(CN2CCC[C@H]2c2ccc3c(c2)OCCO3)nc2n1CCCCC2. The van der Waals surface area contributed by atoms with Crippen LogP contribution in [0.1, 0.15) is 49.5 Å². The summed E-state index contributed by atoms with van der Waals surface area (Å²) in [6.07, 6.45) is 7.09. The van der Waals surface area contributed by atoms with Crippen LogP contribution in [0.25, 0.3) is 0 Å². The molecule has 144 valence electrons. The van der Waals surface area contributed by atoms with Gasteiger partial charge in [0.05, 0.1) is 6.67 Å². The lowest BCUT2D eigenvalue weighted by Gasteiger charge is -2.26. The Morgan fingerprint density at radius 2 is 1.93 bits per heavy atom. The molecule has 0 radical (unpaired) electrons. The monoisotopic (exact) mass is 386 g/mol. The lowest BCUT2D eigenvalue weighted by molar-refractivity contribution is 0.168. The van der Waals surface area contributed by atoms with Gasteiger partial charge in [0.2, 0.25) is 0 Å². The second kappa shape index (κ2) is 7.28. The van der Waals surface area contributed by atoms with Crippen LogP contribution >= 0.6 is 12.2 Å². The van der Waals surface area contributed by atoms with Gasteiger partial charge in [0, 0.05) is 25.6 Å². The first-order valence-electron chi connectivity index (χ1n) is 10.1. The van der Waals surface area contributed by atoms with Gasteiger partial charge in [-0.25, -0.2) is 4.68 Å². The van der Waals surface area contributed by atoms with E-state index in [0.717, 1.165) is 54.7 Å². The maximum atomic E-state index is 5.78. The van der Waals surface area contributed by atoms with Gasteiger partial charge in [-0.1, -0.05) is 12.5 Å². The molecule has 1 atom stereocenters. The van der Waals surface area contributed by atoms with E-state index in [1.807, 2.05) is 10.7 Å². The largest absolute Gasteiger partial charge is 0.486 e. The topological polar surface area (TPSA) is 44.4 Å². The summed E-state index contributed by atoms with van der Waals surface area (Å²) < 4.78 is 16.6. The average Bonchev–Trinajstić information content (AvgIpc) is 3.18. The molecule has 0 saturated carbocycles. The number of likely N-dealkylation sites (tertiary alicyclic amines) is 1. The van der Waals surface area contributed by atoms with Crippen molar-refractivity contribution in [3.63, 3.8) is 0 Å². The molecule has 0 bridgehead atoms. The Morgan fingerprint density at radius 1 is 1.04 bits per heavy atom. The zero-order valence-electron chi connectivity index (χ0n) is 15.6. The summed E-state index contributed by atoms with van der Waals surface area (Å²) in [5.74, 6) is 2.89. The number of aryl methyl sites for hydroxylation is 1. The van der Waals surface area contributed by atoms with E-state index in [9.17, 15) is 0 Å². The van der Waals surface area contributed by atoms with E-state index in [2.05, 4.69) is 21.6 Å². The van der Waals surface area contributed by atoms with E-state index < -0.39 is 0 Å². The second-order valence-corrected chi connectivity index (χ2v) is 8.04. The highest BCUT2D eigenvalue weighted by Gasteiger charge is 2.28. The first-order chi connectivity index (χ1) is 13.3. The molecular weight excluding hydrogens is 360 g/mol. The second-order valence-electron chi connectivity index (χ2n) is 7.68. The van der Waals surface area contributed by atoms with E-state index in [-0.39, 0.29) is 0 Å². The normalized spacial score (nSPS) is 22.4. The highest BCUT2D eigenvalue weighted by molar-refractivity contribution is 7.71. The van der Waals surface area contributed by atoms with Crippen molar-refractivity contribution in [2.45, 2.75) is 57.8 Å². The molecule has 3 aliphatic rings. The number of rotatable bonds is 3. The minimum absolute atomic E-state index is 0.379. The van der Waals surface area contributed by atoms with Gasteiger partial charge in [-0.05, 0) is 55.6 Å². The van der Waals surface area contributed by atoms with Crippen molar-refractivity contribution in [1.29, 1.82) is 0 Å². The van der Waals surface area contributed by atoms with Crippen LogP contribution < -0.4 is 9.47 Å². The van der Waals surface area contributed by atoms with Crippen molar-refractivity contribution in [2.24, 2.45) is 0 Å². The van der Waals surface area contributed by atoms with E-state index in [0.29, 0.717) is 19.3 Å². The van der Waals surface area contributed by atoms with E-state index >= 15 is 0 Å². The predicted molar refractivity (Wildman–Crippen MR) is 105 cm³/mol. The molecule has 0 amide bonds. The number of aromatic nitrogens is 3. The number of fused-ring (bicyclic) bond motifs is 2. The predicted octanol–water partition coefficient (Wildman–Crippen LogP) is 3.71. The van der Waals surface area contributed by atoms with Crippen molar-refractivity contribution in [3.8, 4) is 11.5 Å². The van der Waals surface area contributed by atoms with Crippen molar-refractivity contribution in [2.75, 3.05) is 19.8 Å². The summed E-state index contributed by atoms with van der Waals surface area (Å²) in [6.45, 7) is 4.10. The molecule has 7 heteroatoms. The molecule has 0 spiro atoms. The molecule has 1 aromatic heterocycles. The van der Waals surface area contributed by atoms with Gasteiger partial charge < -0.3 is 14.0 Å². The van der Waals surface area contributed by atoms with Crippen LogP contribution in [0.3, 0.4) is 0 Å². The Labute approximate surface area is 164 Å². The fourth-order valence-corrected chi connectivity index (χ4v) is 4.82. The number of benzene rings is 1. The third kappa shape index (κ3) is 3.27. The van der Waals surface area contributed by atoms with Gasteiger partial charge >= 0.3 is 0 Å². The summed E-state index contributed by atoms with van der Waals surface area (Å²) in [4.78, 5) is 2.49. The number of nitrogens with zero attached hydrogens (tertiary/aromatic N) is 4. The standard InChI is InChI=1S/C20H26N4O2S/c27-20-23-10-3-1-2-6-19(23)21-24(20)14-22-9-4-5-16(22)15-7-8-17-18(13-15)26-12-11-25-17/h7-8,13,16H,1-6,9-12,14H2/t16-/m0/s1. The van der Waals surface area contributed by atoms with Gasteiger partial charge in [0.15, 0.2) is 16.3 Å². The molecular formula is C20H26N4O2S. The third-order valence-corrected chi connectivity index (χ3v) is 6.34. The molecule has 0 aliphatic carbocycles. The number of ether oxygens (including phenoxy) is 2. The minimum Gasteiger partial charge on any atom is -0.486 e. The zero-order chi connectivity index (χ0) is 18.2. The fraction of sp³-hybridized carbons (Fsp3) is 0.600. The molecule has 0 unspecified atom stereocenters. The Morgan fingerprint density at radius 3 is 2.85 bits per heavy atom. The van der Waals surface area contributed by atoms with Crippen LogP contribution in [0.2, 0.25) is 0 Å². The quantitative estimate of drug-likeness (QED) is 0.753. The van der Waals surface area contributed by atoms with Crippen LogP contribution in [0, 0.1) is 4.77 Å². The molecule has 5 rings (SSSR count). The Balaban J connectivity index is 1.38. The van der Waals surface area contributed by atoms with Crippen LogP contribution in [0.5, 0.6) is 11.5 Å². The molecule has 27 heavy (non-hydrogen) atoms. The van der Waals surface area contributed by atoms with Gasteiger partial charge in [-0.3, -0.25) is 4.90 Å². The van der Waals surface area contributed by atoms with Gasteiger partial charge in [-0.15, -0.1) is 0 Å². The number of hydrogen-bond donors (Lipinski definition) is 0. The highest BCUT2D eigenvalue weighted by atomic mass is 32.1. The maximum Gasteiger partial charge on any atom is 0.199 e. The third-order valence-electron chi connectivity index (χ3n) is 5.91. The van der Waals surface area contributed by atoms with Gasteiger partial charge in [0.1, 0.15) is 19.0 Å². The summed E-state index contributed by atoms with van der Waals surface area (Å²) in [5, 5.41) is 4.86. The molecule has 1 fully saturated rings. The molecule has 2 aromatic rings. The fourth-order valence-electron chi connectivity index (χ4n) is 4.53. The van der Waals surface area contributed by atoms with Crippen LogP contribution in [-0.4, -0.2) is 39.0 Å².